The van der Waals surface area contributed by atoms with Gasteiger partial charge in [0.15, 0.2) is 0 Å². The second kappa shape index (κ2) is 4.41. The number of hydrogen-bond acceptors (Lipinski definition) is 4. The predicted molar refractivity (Wildman–Crippen MR) is 70.6 cm³/mol. The Morgan fingerprint density at radius 3 is 2.95 bits per heavy atom. The maximum absolute atomic E-state index is 11.1. The second-order valence-corrected chi connectivity index (χ2v) is 5.31. The summed E-state index contributed by atoms with van der Waals surface area (Å²) in [5.41, 5.74) is 2.21. The van der Waals surface area contributed by atoms with Crippen LogP contribution in [-0.4, -0.2) is 17.7 Å². The molecule has 94 valence electrons. The molecule has 1 aliphatic heterocycles. The Kier molecular flexibility index (Phi) is 2.73. The molecule has 0 amide bonds. The lowest BCUT2D eigenvalue weighted by Gasteiger charge is -2.07. The monoisotopic (exact) mass is 271 g/mol. The van der Waals surface area contributed by atoms with E-state index >= 15 is 0 Å². The van der Waals surface area contributed by atoms with E-state index in [0.717, 1.165) is 16.0 Å². The Balaban J connectivity index is 2.23. The van der Waals surface area contributed by atoms with Gasteiger partial charge in [0.1, 0.15) is 10.6 Å². The van der Waals surface area contributed by atoms with E-state index in [2.05, 4.69) is 6.07 Å². The first kappa shape index (κ1) is 11.8. The molecular weight excluding hydrogens is 262 g/mol. The molecule has 2 heterocycles. The van der Waals surface area contributed by atoms with Crippen molar-refractivity contribution in [3.63, 3.8) is 0 Å². The number of ether oxygens (including phenoxy) is 1. The van der Waals surface area contributed by atoms with Crippen molar-refractivity contribution < 1.29 is 14.6 Å². The fraction of sp³-hybridized carbons (Fsp3) is 0.143. The van der Waals surface area contributed by atoms with Crippen LogP contribution in [0.5, 0.6) is 5.75 Å². The summed E-state index contributed by atoms with van der Waals surface area (Å²) in [7, 11) is 0. The van der Waals surface area contributed by atoms with Crippen LogP contribution in [0.3, 0.4) is 0 Å². The third-order valence-electron chi connectivity index (χ3n) is 3.01. The number of carboxylic acid groups (broad SMARTS) is 1. The van der Waals surface area contributed by atoms with E-state index < -0.39 is 5.97 Å². The number of benzene rings is 1. The van der Waals surface area contributed by atoms with Crippen molar-refractivity contribution in [2.75, 3.05) is 6.61 Å². The van der Waals surface area contributed by atoms with Gasteiger partial charge in [-0.3, -0.25) is 0 Å². The minimum absolute atomic E-state index is 0.320. The molecule has 0 unspecified atom stereocenters. The zero-order valence-electron chi connectivity index (χ0n) is 9.84. The van der Waals surface area contributed by atoms with E-state index in [1.807, 2.05) is 0 Å². The fourth-order valence-electron chi connectivity index (χ4n) is 2.14. The number of thiophene rings is 1. The molecular formula is C14H9NO3S. The van der Waals surface area contributed by atoms with Crippen molar-refractivity contribution in [1.29, 1.82) is 5.26 Å². The number of carbonyl (C=O) groups is 1. The van der Waals surface area contributed by atoms with Crippen molar-refractivity contribution in [2.24, 2.45) is 0 Å². The normalized spacial score (nSPS) is 12.6. The molecule has 0 fully saturated rings. The Morgan fingerprint density at radius 2 is 2.21 bits per heavy atom. The molecule has 4 nitrogen and oxygen atoms in total. The number of fused-ring (bicyclic) bond motifs is 3. The highest BCUT2D eigenvalue weighted by Crippen LogP contribution is 2.40. The summed E-state index contributed by atoms with van der Waals surface area (Å²) >= 11 is 1.27. The van der Waals surface area contributed by atoms with Crippen molar-refractivity contribution in [3.05, 3.63) is 39.6 Å². The largest absolute Gasteiger partial charge is 0.493 e. The first-order chi connectivity index (χ1) is 9.19. The zero-order valence-corrected chi connectivity index (χ0v) is 10.7. The lowest BCUT2D eigenvalue weighted by Crippen LogP contribution is -1.98. The maximum Gasteiger partial charge on any atom is 0.345 e. The van der Waals surface area contributed by atoms with Gasteiger partial charge in [0.25, 0.3) is 0 Å². The van der Waals surface area contributed by atoms with Crippen molar-refractivity contribution in [2.45, 2.75) is 6.42 Å². The number of nitrogens with zero attached hydrogens (tertiary/aromatic N) is 1. The molecule has 0 saturated carbocycles. The highest BCUT2D eigenvalue weighted by molar-refractivity contribution is 7.14. The van der Waals surface area contributed by atoms with Crippen LogP contribution < -0.4 is 4.74 Å². The van der Waals surface area contributed by atoms with E-state index in [-0.39, 0.29) is 0 Å². The second-order valence-electron chi connectivity index (χ2n) is 4.17. The van der Waals surface area contributed by atoms with Crippen molar-refractivity contribution in [1.82, 2.24) is 0 Å². The Morgan fingerprint density at radius 1 is 1.37 bits per heavy atom. The fourth-order valence-corrected chi connectivity index (χ4v) is 3.13. The van der Waals surface area contributed by atoms with Crippen LogP contribution in [-0.2, 0) is 6.42 Å². The van der Waals surface area contributed by atoms with Crippen LogP contribution in [0.1, 0.15) is 20.1 Å². The highest BCUT2D eigenvalue weighted by atomic mass is 32.1. The van der Waals surface area contributed by atoms with E-state index in [1.165, 1.54) is 11.3 Å². The van der Waals surface area contributed by atoms with E-state index in [0.29, 0.717) is 29.2 Å². The molecule has 5 heteroatoms. The van der Waals surface area contributed by atoms with Gasteiger partial charge in [0, 0.05) is 22.4 Å². The molecule has 0 aliphatic carbocycles. The zero-order chi connectivity index (χ0) is 13.4. The quantitative estimate of drug-likeness (QED) is 0.865. The first-order valence-corrected chi connectivity index (χ1v) is 6.54. The molecule has 1 N–H and O–H groups in total. The van der Waals surface area contributed by atoms with E-state index in [4.69, 9.17) is 15.1 Å². The number of carboxylic acids is 1. The van der Waals surface area contributed by atoms with E-state index in [9.17, 15) is 4.79 Å². The maximum atomic E-state index is 11.1. The molecule has 2 aromatic rings. The minimum atomic E-state index is -0.919. The minimum Gasteiger partial charge on any atom is -0.493 e. The van der Waals surface area contributed by atoms with Crippen molar-refractivity contribution in [3.8, 4) is 22.9 Å². The summed E-state index contributed by atoms with van der Waals surface area (Å²) in [5, 5.41) is 18.0. The van der Waals surface area contributed by atoms with Gasteiger partial charge >= 0.3 is 5.97 Å². The molecule has 1 aliphatic rings. The summed E-state index contributed by atoms with van der Waals surface area (Å²) in [6, 6.07) is 8.97. The van der Waals surface area contributed by atoms with E-state index in [1.54, 1.807) is 24.3 Å². The molecule has 1 aromatic heterocycles. The van der Waals surface area contributed by atoms with Gasteiger partial charge in [-0.05, 0) is 24.3 Å². The first-order valence-electron chi connectivity index (χ1n) is 5.72. The van der Waals surface area contributed by atoms with Crippen LogP contribution in [0.25, 0.3) is 11.1 Å². The number of rotatable bonds is 1. The van der Waals surface area contributed by atoms with Gasteiger partial charge in [0.05, 0.1) is 18.2 Å². The van der Waals surface area contributed by atoms with Crippen LogP contribution in [0.2, 0.25) is 0 Å². The Hall–Kier alpha value is -2.32. The molecule has 0 bridgehead atoms. The number of nitriles is 1. The average Bonchev–Trinajstić information content (AvgIpc) is 2.76. The van der Waals surface area contributed by atoms with Gasteiger partial charge in [-0.1, -0.05) is 0 Å². The summed E-state index contributed by atoms with van der Waals surface area (Å²) in [6.07, 6.45) is 0.684. The molecule has 1 aromatic carbocycles. The third-order valence-corrected chi connectivity index (χ3v) is 4.19. The molecule has 0 radical (unpaired) electrons. The van der Waals surface area contributed by atoms with Crippen LogP contribution in [0, 0.1) is 11.3 Å². The van der Waals surface area contributed by atoms with Crippen LogP contribution in [0.4, 0.5) is 0 Å². The van der Waals surface area contributed by atoms with Crippen LogP contribution >= 0.6 is 11.3 Å². The lowest BCUT2D eigenvalue weighted by atomic mass is 10.0. The smallest absolute Gasteiger partial charge is 0.345 e. The number of hydrogen-bond donors (Lipinski definition) is 1. The van der Waals surface area contributed by atoms with Gasteiger partial charge in [0.2, 0.25) is 0 Å². The van der Waals surface area contributed by atoms with Crippen LogP contribution in [0.15, 0.2) is 24.3 Å². The number of aromatic carboxylic acids is 1. The molecule has 0 saturated heterocycles. The van der Waals surface area contributed by atoms with Gasteiger partial charge in [-0.25, -0.2) is 4.79 Å². The summed E-state index contributed by atoms with van der Waals surface area (Å²) in [6.45, 7) is 0.519. The highest BCUT2D eigenvalue weighted by Gasteiger charge is 2.21. The van der Waals surface area contributed by atoms with Gasteiger partial charge in [-0.2, -0.15) is 5.26 Å². The molecule has 0 spiro atoms. The molecule has 0 atom stereocenters. The lowest BCUT2D eigenvalue weighted by molar-refractivity contribution is 0.0702. The topological polar surface area (TPSA) is 70.3 Å². The Bertz CT molecular complexity index is 712. The molecule has 3 rings (SSSR count). The SMILES string of the molecule is N#Cc1ccc2c(c1)-c1cc(C(=O)O)sc1CCO2. The summed E-state index contributed by atoms with van der Waals surface area (Å²) in [5.74, 6) is -0.218. The standard InChI is InChI=1S/C14H9NO3S/c15-7-8-1-2-11-9(5-8)10-6-13(14(16)17)19-12(10)3-4-18-11/h1-2,5-6H,3-4H2,(H,16,17). The third kappa shape index (κ3) is 1.96. The summed E-state index contributed by atoms with van der Waals surface area (Å²) < 4.78 is 5.64. The summed E-state index contributed by atoms with van der Waals surface area (Å²) in [4.78, 5) is 12.4. The average molecular weight is 271 g/mol. The van der Waals surface area contributed by atoms with Gasteiger partial charge in [-0.15, -0.1) is 11.3 Å². The van der Waals surface area contributed by atoms with Crippen molar-refractivity contribution >= 4 is 17.3 Å². The van der Waals surface area contributed by atoms with Gasteiger partial charge < -0.3 is 9.84 Å². The predicted octanol–water partition coefficient (Wildman–Crippen LogP) is 2.92. The Labute approximate surface area is 113 Å². The molecule has 19 heavy (non-hydrogen) atoms.